The number of pyridine rings is 1. The van der Waals surface area contributed by atoms with Crippen molar-refractivity contribution in [1.29, 1.82) is 0 Å². The summed E-state index contributed by atoms with van der Waals surface area (Å²) in [5.74, 6) is -0.114. The zero-order valence-corrected chi connectivity index (χ0v) is 21.1. The molecule has 0 saturated carbocycles. The molecule has 0 aliphatic carbocycles. The number of hydrogen-bond acceptors (Lipinski definition) is 5. The summed E-state index contributed by atoms with van der Waals surface area (Å²) >= 11 is 3.41. The number of aromatic nitrogens is 3. The number of fused-ring (bicyclic) bond motifs is 1. The number of nitrogens with one attached hydrogen (secondary N) is 1. The van der Waals surface area contributed by atoms with Gasteiger partial charge in [-0.1, -0.05) is 45.8 Å². The van der Waals surface area contributed by atoms with Crippen LogP contribution in [0.25, 0.3) is 22.3 Å². The SMILES string of the molecule is Cc1ccc(-c2cc(C(=O)Nc3ccc(Br)cc3)c3c(C)nn(C4CCS(=O)(=O)C4)c3n2)cc1. The Balaban J connectivity index is 1.67. The van der Waals surface area contributed by atoms with Crippen LogP contribution in [0.15, 0.2) is 59.1 Å². The Kier molecular flexibility index (Phi) is 5.77. The number of halogens is 1. The second-order valence-corrected chi connectivity index (χ2v) is 11.8. The van der Waals surface area contributed by atoms with Crippen LogP contribution in [0.3, 0.4) is 0 Å². The molecule has 1 unspecified atom stereocenters. The summed E-state index contributed by atoms with van der Waals surface area (Å²) in [6, 6.07) is 16.8. The van der Waals surface area contributed by atoms with E-state index in [1.165, 1.54) is 0 Å². The predicted molar refractivity (Wildman–Crippen MR) is 137 cm³/mol. The standard InChI is InChI=1S/C25H23BrN4O3S/c1-15-3-5-17(6-4-15)22-13-21(25(31)27-19-9-7-18(26)8-10-19)23-16(2)29-30(24(23)28-22)20-11-12-34(32,33)14-20/h3-10,13,20H,11-12,14H2,1-2H3,(H,27,31). The van der Waals surface area contributed by atoms with E-state index in [0.29, 0.717) is 40.1 Å². The van der Waals surface area contributed by atoms with Crippen LogP contribution in [-0.2, 0) is 9.84 Å². The van der Waals surface area contributed by atoms with Crippen molar-refractivity contribution >= 4 is 48.4 Å². The van der Waals surface area contributed by atoms with Gasteiger partial charge in [-0.05, 0) is 50.6 Å². The average molecular weight is 539 g/mol. The highest BCUT2D eigenvalue weighted by atomic mass is 79.9. The van der Waals surface area contributed by atoms with Gasteiger partial charge in [0.05, 0.1) is 39.9 Å². The molecule has 9 heteroatoms. The van der Waals surface area contributed by atoms with Crippen molar-refractivity contribution in [1.82, 2.24) is 14.8 Å². The minimum Gasteiger partial charge on any atom is -0.322 e. The fraction of sp³-hybridized carbons (Fsp3) is 0.240. The number of benzene rings is 2. The Morgan fingerprint density at radius 1 is 1.09 bits per heavy atom. The molecule has 4 aromatic rings. The first kappa shape index (κ1) is 22.7. The molecule has 0 radical (unpaired) electrons. The Morgan fingerprint density at radius 2 is 1.79 bits per heavy atom. The highest BCUT2D eigenvalue weighted by Gasteiger charge is 2.32. The van der Waals surface area contributed by atoms with Crippen LogP contribution >= 0.6 is 15.9 Å². The summed E-state index contributed by atoms with van der Waals surface area (Å²) < 4.78 is 26.9. The average Bonchev–Trinajstić information content (AvgIpc) is 3.34. The highest BCUT2D eigenvalue weighted by molar-refractivity contribution is 9.10. The van der Waals surface area contributed by atoms with Crippen molar-refractivity contribution in [3.05, 3.63) is 75.9 Å². The lowest BCUT2D eigenvalue weighted by Crippen LogP contribution is -2.15. The molecule has 1 aliphatic rings. The molecule has 2 aromatic heterocycles. The van der Waals surface area contributed by atoms with E-state index in [-0.39, 0.29) is 23.5 Å². The van der Waals surface area contributed by atoms with Gasteiger partial charge in [0.1, 0.15) is 0 Å². The van der Waals surface area contributed by atoms with Crippen LogP contribution in [0.5, 0.6) is 0 Å². The quantitative estimate of drug-likeness (QED) is 0.390. The third-order valence-electron chi connectivity index (χ3n) is 6.09. The monoisotopic (exact) mass is 538 g/mol. The Bertz CT molecular complexity index is 1510. The van der Waals surface area contributed by atoms with Crippen LogP contribution in [0.4, 0.5) is 5.69 Å². The maximum atomic E-state index is 13.5. The zero-order valence-electron chi connectivity index (χ0n) is 18.7. The number of hydrogen-bond donors (Lipinski definition) is 1. The maximum Gasteiger partial charge on any atom is 0.256 e. The van der Waals surface area contributed by atoms with Gasteiger partial charge in [0.15, 0.2) is 15.5 Å². The minimum absolute atomic E-state index is 0.0279. The van der Waals surface area contributed by atoms with Gasteiger partial charge in [-0.25, -0.2) is 18.1 Å². The van der Waals surface area contributed by atoms with Gasteiger partial charge in [0, 0.05) is 15.7 Å². The van der Waals surface area contributed by atoms with E-state index in [4.69, 9.17) is 4.98 Å². The van der Waals surface area contributed by atoms with E-state index < -0.39 is 9.84 Å². The summed E-state index contributed by atoms with van der Waals surface area (Å²) in [5.41, 5.74) is 4.91. The number of nitrogens with zero attached hydrogens (tertiary/aromatic N) is 3. The van der Waals surface area contributed by atoms with Gasteiger partial charge in [-0.15, -0.1) is 0 Å². The number of anilines is 1. The second kappa shape index (κ2) is 8.63. The first-order chi connectivity index (χ1) is 16.2. The van der Waals surface area contributed by atoms with Crippen LogP contribution in [0, 0.1) is 13.8 Å². The van der Waals surface area contributed by atoms with E-state index in [9.17, 15) is 13.2 Å². The number of rotatable bonds is 4. The molecule has 3 heterocycles. The lowest BCUT2D eigenvalue weighted by atomic mass is 10.0. The van der Waals surface area contributed by atoms with Gasteiger partial charge in [0.25, 0.3) is 5.91 Å². The number of carbonyl (C=O) groups excluding carboxylic acids is 1. The van der Waals surface area contributed by atoms with E-state index in [1.54, 1.807) is 10.7 Å². The van der Waals surface area contributed by atoms with Crippen molar-refractivity contribution in [3.8, 4) is 11.3 Å². The van der Waals surface area contributed by atoms with E-state index in [0.717, 1.165) is 15.6 Å². The van der Waals surface area contributed by atoms with Crippen LogP contribution in [0.2, 0.25) is 0 Å². The predicted octanol–water partition coefficient (Wildman–Crippen LogP) is 5.09. The van der Waals surface area contributed by atoms with Crippen LogP contribution in [-0.4, -0.2) is 40.6 Å². The fourth-order valence-corrected chi connectivity index (χ4v) is 6.28. The normalized spacial score (nSPS) is 17.2. The molecule has 0 spiro atoms. The van der Waals surface area contributed by atoms with Gasteiger partial charge in [-0.3, -0.25) is 4.79 Å². The molecule has 34 heavy (non-hydrogen) atoms. The highest BCUT2D eigenvalue weighted by Crippen LogP contribution is 2.32. The van der Waals surface area contributed by atoms with Crippen molar-refractivity contribution in [2.75, 3.05) is 16.8 Å². The van der Waals surface area contributed by atoms with Crippen molar-refractivity contribution in [2.45, 2.75) is 26.3 Å². The number of aryl methyl sites for hydroxylation is 2. The maximum absolute atomic E-state index is 13.5. The summed E-state index contributed by atoms with van der Waals surface area (Å²) in [6.45, 7) is 3.84. The Labute approximate surface area is 206 Å². The number of carbonyl (C=O) groups is 1. The summed E-state index contributed by atoms with van der Waals surface area (Å²) in [5, 5.41) is 8.25. The molecular formula is C25H23BrN4O3S. The van der Waals surface area contributed by atoms with Crippen LogP contribution < -0.4 is 5.32 Å². The minimum atomic E-state index is -3.11. The Hall–Kier alpha value is -3.04. The van der Waals surface area contributed by atoms with Crippen molar-refractivity contribution < 1.29 is 13.2 Å². The first-order valence-electron chi connectivity index (χ1n) is 10.9. The van der Waals surface area contributed by atoms with E-state index in [2.05, 4.69) is 26.3 Å². The van der Waals surface area contributed by atoms with Gasteiger partial charge >= 0.3 is 0 Å². The molecule has 1 N–H and O–H groups in total. The van der Waals surface area contributed by atoms with E-state index in [1.807, 2.05) is 62.4 Å². The number of sulfone groups is 1. The molecule has 1 saturated heterocycles. The van der Waals surface area contributed by atoms with E-state index >= 15 is 0 Å². The molecule has 5 rings (SSSR count). The Morgan fingerprint density at radius 3 is 2.44 bits per heavy atom. The molecule has 7 nitrogen and oxygen atoms in total. The molecule has 1 fully saturated rings. The number of amides is 1. The van der Waals surface area contributed by atoms with Gasteiger partial charge < -0.3 is 5.32 Å². The topological polar surface area (TPSA) is 94.0 Å². The molecular weight excluding hydrogens is 516 g/mol. The molecule has 0 bridgehead atoms. The van der Waals surface area contributed by atoms with Crippen molar-refractivity contribution in [2.24, 2.45) is 0 Å². The molecule has 2 aromatic carbocycles. The van der Waals surface area contributed by atoms with Crippen molar-refractivity contribution in [3.63, 3.8) is 0 Å². The van der Waals surface area contributed by atoms with Crippen LogP contribution in [0.1, 0.15) is 34.1 Å². The smallest absolute Gasteiger partial charge is 0.256 e. The fourth-order valence-electron chi connectivity index (χ4n) is 4.32. The summed E-state index contributed by atoms with van der Waals surface area (Å²) in [6.07, 6.45) is 0.482. The molecule has 174 valence electrons. The summed E-state index contributed by atoms with van der Waals surface area (Å²) in [7, 11) is -3.11. The van der Waals surface area contributed by atoms with Gasteiger partial charge in [-0.2, -0.15) is 5.10 Å². The van der Waals surface area contributed by atoms with Gasteiger partial charge in [0.2, 0.25) is 0 Å². The third-order valence-corrected chi connectivity index (χ3v) is 8.36. The lowest BCUT2D eigenvalue weighted by Gasteiger charge is -2.12. The zero-order chi connectivity index (χ0) is 24.0. The largest absolute Gasteiger partial charge is 0.322 e. The first-order valence-corrected chi connectivity index (χ1v) is 13.6. The lowest BCUT2D eigenvalue weighted by molar-refractivity contribution is 0.102. The molecule has 1 amide bonds. The summed E-state index contributed by atoms with van der Waals surface area (Å²) in [4.78, 5) is 18.3. The second-order valence-electron chi connectivity index (χ2n) is 8.67. The molecule has 1 atom stereocenters. The molecule has 1 aliphatic heterocycles. The third kappa shape index (κ3) is 4.37.